The van der Waals surface area contributed by atoms with Crippen LogP contribution < -0.4 is 0 Å². The summed E-state index contributed by atoms with van der Waals surface area (Å²) in [6, 6.07) is 47.6. The summed E-state index contributed by atoms with van der Waals surface area (Å²) in [6.07, 6.45) is 0. The van der Waals surface area contributed by atoms with Gasteiger partial charge in [0.2, 0.25) is 0 Å². The molecule has 0 unspecified atom stereocenters. The van der Waals surface area contributed by atoms with Gasteiger partial charge >= 0.3 is 0 Å². The maximum absolute atomic E-state index is 6.15. The van der Waals surface area contributed by atoms with Gasteiger partial charge in [0.1, 0.15) is 11.2 Å². The third kappa shape index (κ3) is 2.93. The average Bonchev–Trinajstić information content (AvgIpc) is 3.55. The zero-order valence-corrected chi connectivity index (χ0v) is 21.5. The highest BCUT2D eigenvalue weighted by Crippen LogP contribution is 2.46. The maximum atomic E-state index is 6.15. The molecule has 0 amide bonds. The van der Waals surface area contributed by atoms with E-state index in [0.29, 0.717) is 5.78 Å². The van der Waals surface area contributed by atoms with Gasteiger partial charge in [-0.25, -0.2) is 0 Å². The molecule has 9 rings (SSSR count). The first-order valence-electron chi connectivity index (χ1n) is 13.6. The van der Waals surface area contributed by atoms with Crippen molar-refractivity contribution >= 4 is 65.4 Å². The maximum Gasteiger partial charge on any atom is 0.299 e. The Labute approximate surface area is 229 Å². The van der Waals surface area contributed by atoms with Gasteiger partial charge in [-0.15, -0.1) is 0 Å². The SMILES string of the molecule is c1ccc2c(-c3c4ccccc4c(-c4ccc5oc6oc7ccccc7c6c5c4)c4ccccc34)cccc2c1. The summed E-state index contributed by atoms with van der Waals surface area (Å²) in [5.74, 6) is 0.578. The van der Waals surface area contributed by atoms with Crippen molar-refractivity contribution in [1.82, 2.24) is 0 Å². The summed E-state index contributed by atoms with van der Waals surface area (Å²) in [7, 11) is 0. The smallest absolute Gasteiger partial charge is 0.299 e. The monoisotopic (exact) mass is 510 g/mol. The minimum atomic E-state index is 0.578. The molecule has 2 heteroatoms. The van der Waals surface area contributed by atoms with Crippen LogP contribution in [0.25, 0.3) is 87.7 Å². The van der Waals surface area contributed by atoms with Gasteiger partial charge in [0.15, 0.2) is 0 Å². The number of benzene rings is 7. The molecule has 2 aromatic heterocycles. The van der Waals surface area contributed by atoms with Crippen LogP contribution in [0.3, 0.4) is 0 Å². The summed E-state index contributed by atoms with van der Waals surface area (Å²) in [4.78, 5) is 0. The Bertz CT molecular complexity index is 2370. The molecule has 2 nitrogen and oxygen atoms in total. The molecule has 186 valence electrons. The molecule has 0 saturated carbocycles. The Balaban J connectivity index is 1.41. The number of hydrogen-bond acceptors (Lipinski definition) is 2. The van der Waals surface area contributed by atoms with Crippen LogP contribution in [-0.2, 0) is 0 Å². The molecule has 7 aromatic carbocycles. The lowest BCUT2D eigenvalue weighted by Crippen LogP contribution is -1.91. The summed E-state index contributed by atoms with van der Waals surface area (Å²) in [6.45, 7) is 0. The molecule has 0 spiro atoms. The average molecular weight is 511 g/mol. The van der Waals surface area contributed by atoms with E-state index in [4.69, 9.17) is 8.83 Å². The van der Waals surface area contributed by atoms with Crippen molar-refractivity contribution in [2.24, 2.45) is 0 Å². The highest BCUT2D eigenvalue weighted by Gasteiger charge is 2.20. The molecule has 0 radical (unpaired) electrons. The zero-order valence-electron chi connectivity index (χ0n) is 21.5. The molecule has 2 heterocycles. The Kier molecular flexibility index (Phi) is 4.36. The van der Waals surface area contributed by atoms with Gasteiger partial charge in [0, 0.05) is 10.8 Å². The molecule has 9 aromatic rings. The van der Waals surface area contributed by atoms with Crippen LogP contribution in [-0.4, -0.2) is 0 Å². The fourth-order valence-electron chi connectivity index (χ4n) is 6.59. The van der Waals surface area contributed by atoms with E-state index >= 15 is 0 Å². The van der Waals surface area contributed by atoms with Crippen molar-refractivity contribution < 1.29 is 8.83 Å². The van der Waals surface area contributed by atoms with Crippen LogP contribution in [0.5, 0.6) is 0 Å². The standard InChI is InChI=1S/C38H22O2/c1-2-12-25-23(10-1)11-9-18-26(25)36-29-15-5-3-13-27(29)35(28-14-4-6-16-30(28)36)24-20-21-34-32(22-24)37-31-17-7-8-19-33(31)39-38(37)40-34/h1-22H. The quantitative estimate of drug-likeness (QED) is 0.216. The van der Waals surface area contributed by atoms with Gasteiger partial charge < -0.3 is 8.83 Å². The highest BCUT2D eigenvalue weighted by molar-refractivity contribution is 6.24. The molecule has 0 bridgehead atoms. The lowest BCUT2D eigenvalue weighted by Gasteiger charge is -2.18. The van der Waals surface area contributed by atoms with Crippen LogP contribution >= 0.6 is 0 Å². The van der Waals surface area contributed by atoms with Crippen molar-refractivity contribution in [2.45, 2.75) is 0 Å². The van der Waals surface area contributed by atoms with Gasteiger partial charge in [-0.2, -0.15) is 0 Å². The molecule has 40 heavy (non-hydrogen) atoms. The van der Waals surface area contributed by atoms with Crippen molar-refractivity contribution in [2.75, 3.05) is 0 Å². The predicted octanol–water partition coefficient (Wildman–Crippen LogP) is 11.1. The number of fused-ring (bicyclic) bond motifs is 8. The van der Waals surface area contributed by atoms with E-state index in [1.165, 1.54) is 49.0 Å². The fraction of sp³-hybridized carbons (Fsp3) is 0. The third-order valence-electron chi connectivity index (χ3n) is 8.29. The van der Waals surface area contributed by atoms with Gasteiger partial charge in [-0.3, -0.25) is 0 Å². The van der Waals surface area contributed by atoms with Crippen LogP contribution in [0.4, 0.5) is 0 Å². The van der Waals surface area contributed by atoms with Crippen LogP contribution in [0.1, 0.15) is 0 Å². The van der Waals surface area contributed by atoms with Gasteiger partial charge in [-0.05, 0) is 72.8 Å². The molecule has 0 saturated heterocycles. The van der Waals surface area contributed by atoms with Crippen molar-refractivity contribution in [3.8, 4) is 22.3 Å². The third-order valence-corrected chi connectivity index (χ3v) is 8.29. The van der Waals surface area contributed by atoms with Gasteiger partial charge in [0.25, 0.3) is 5.78 Å². The van der Waals surface area contributed by atoms with Gasteiger partial charge in [-0.1, -0.05) is 115 Å². The molecule has 0 N–H and O–H groups in total. The number of para-hydroxylation sites is 1. The molecule has 0 aliphatic rings. The second-order valence-corrected chi connectivity index (χ2v) is 10.4. The minimum absolute atomic E-state index is 0.578. The second kappa shape index (κ2) is 8.08. The van der Waals surface area contributed by atoms with Crippen LogP contribution in [0.2, 0.25) is 0 Å². The number of hydrogen-bond donors (Lipinski definition) is 0. The van der Waals surface area contributed by atoms with Crippen molar-refractivity contribution in [1.29, 1.82) is 0 Å². The van der Waals surface area contributed by atoms with E-state index in [2.05, 4.69) is 115 Å². The Morgan fingerprint density at radius 1 is 0.375 bits per heavy atom. The minimum Gasteiger partial charge on any atom is -0.425 e. The summed E-state index contributed by atoms with van der Waals surface area (Å²) in [5, 5.41) is 10.7. The zero-order chi connectivity index (χ0) is 26.2. The van der Waals surface area contributed by atoms with E-state index < -0.39 is 0 Å². The molecule has 0 aliphatic heterocycles. The van der Waals surface area contributed by atoms with E-state index in [1.807, 2.05) is 18.2 Å². The van der Waals surface area contributed by atoms with E-state index in [-0.39, 0.29) is 0 Å². The van der Waals surface area contributed by atoms with Crippen LogP contribution in [0, 0.1) is 0 Å². The lowest BCUT2D eigenvalue weighted by molar-refractivity contribution is 0.524. The highest BCUT2D eigenvalue weighted by atomic mass is 16.5. The Hall–Kier alpha value is -5.34. The van der Waals surface area contributed by atoms with Crippen molar-refractivity contribution in [3.05, 3.63) is 133 Å². The molecule has 0 fully saturated rings. The van der Waals surface area contributed by atoms with Gasteiger partial charge in [0.05, 0.1) is 5.39 Å². The molecular formula is C38H22O2. The fourth-order valence-corrected chi connectivity index (χ4v) is 6.59. The molecular weight excluding hydrogens is 488 g/mol. The van der Waals surface area contributed by atoms with E-state index in [9.17, 15) is 0 Å². The van der Waals surface area contributed by atoms with E-state index in [0.717, 1.165) is 32.9 Å². The Morgan fingerprint density at radius 3 is 1.65 bits per heavy atom. The molecule has 0 aliphatic carbocycles. The topological polar surface area (TPSA) is 26.3 Å². The first kappa shape index (κ1) is 21.6. The summed E-state index contributed by atoms with van der Waals surface area (Å²) < 4.78 is 12.2. The number of rotatable bonds is 2. The normalized spacial score (nSPS) is 12.0. The number of furan rings is 2. The molecule has 0 atom stereocenters. The first-order valence-corrected chi connectivity index (χ1v) is 13.6. The predicted molar refractivity (Wildman–Crippen MR) is 167 cm³/mol. The summed E-state index contributed by atoms with van der Waals surface area (Å²) in [5.41, 5.74) is 6.62. The first-order chi connectivity index (χ1) is 19.8. The van der Waals surface area contributed by atoms with Crippen LogP contribution in [0.15, 0.2) is 142 Å². The van der Waals surface area contributed by atoms with E-state index in [1.54, 1.807) is 0 Å². The second-order valence-electron chi connectivity index (χ2n) is 10.4. The van der Waals surface area contributed by atoms with Crippen molar-refractivity contribution in [3.63, 3.8) is 0 Å². The largest absolute Gasteiger partial charge is 0.425 e. The lowest BCUT2D eigenvalue weighted by atomic mass is 9.84. The Morgan fingerprint density at radius 2 is 0.925 bits per heavy atom. The summed E-state index contributed by atoms with van der Waals surface area (Å²) >= 11 is 0.